The Morgan fingerprint density at radius 2 is 2.18 bits per heavy atom. The van der Waals surface area contributed by atoms with E-state index in [1.54, 1.807) is 4.68 Å². The van der Waals surface area contributed by atoms with Crippen LogP contribution in [0.3, 0.4) is 0 Å². The van der Waals surface area contributed by atoms with E-state index < -0.39 is 0 Å². The van der Waals surface area contributed by atoms with Gasteiger partial charge < -0.3 is 10.6 Å². The number of carbonyl (C=O) groups is 1. The maximum atomic E-state index is 11.9. The van der Waals surface area contributed by atoms with E-state index in [4.69, 9.17) is 0 Å². The van der Waals surface area contributed by atoms with Crippen molar-refractivity contribution in [3.8, 4) is 0 Å². The van der Waals surface area contributed by atoms with Crippen molar-refractivity contribution in [1.29, 1.82) is 0 Å². The maximum absolute atomic E-state index is 11.9. The second-order valence-electron chi connectivity index (χ2n) is 3.90. The minimum absolute atomic E-state index is 0.0323. The Morgan fingerprint density at radius 1 is 1.41 bits per heavy atom. The molecule has 1 heterocycles. The van der Waals surface area contributed by atoms with E-state index in [2.05, 4.69) is 15.7 Å². The van der Waals surface area contributed by atoms with Gasteiger partial charge in [0.05, 0.1) is 5.69 Å². The summed E-state index contributed by atoms with van der Waals surface area (Å²) >= 11 is 0. The molecule has 1 aromatic heterocycles. The molecule has 0 spiro atoms. The predicted octanol–water partition coefficient (Wildman–Crippen LogP) is 0.805. The first-order chi connectivity index (χ1) is 8.22. The third kappa shape index (κ3) is 3.85. The Hall–Kier alpha value is -1.36. The Bertz CT molecular complexity index is 359. The molecule has 5 heteroatoms. The number of hydrogen-bond donors (Lipinski definition) is 2. The number of amides is 1. The second kappa shape index (κ2) is 7.06. The van der Waals surface area contributed by atoms with Crippen LogP contribution in [0.2, 0.25) is 0 Å². The summed E-state index contributed by atoms with van der Waals surface area (Å²) in [6.45, 7) is 6.35. The predicted molar refractivity (Wildman–Crippen MR) is 68.2 cm³/mol. The molecule has 1 amide bonds. The molecule has 0 aliphatic rings. The van der Waals surface area contributed by atoms with Crippen LogP contribution in [0.1, 0.15) is 36.5 Å². The van der Waals surface area contributed by atoms with Gasteiger partial charge >= 0.3 is 0 Å². The summed E-state index contributed by atoms with van der Waals surface area (Å²) in [6, 6.07) is 1.87. The van der Waals surface area contributed by atoms with E-state index in [-0.39, 0.29) is 5.91 Å². The molecule has 0 bridgehead atoms. The molecule has 0 atom stereocenters. The third-order valence-electron chi connectivity index (χ3n) is 2.61. The van der Waals surface area contributed by atoms with Crippen molar-refractivity contribution in [3.63, 3.8) is 0 Å². The fourth-order valence-electron chi connectivity index (χ4n) is 1.62. The topological polar surface area (TPSA) is 59.0 Å². The van der Waals surface area contributed by atoms with Crippen LogP contribution in [0.5, 0.6) is 0 Å². The molecule has 1 rings (SSSR count). The first kappa shape index (κ1) is 13.7. The molecule has 0 fully saturated rings. The summed E-state index contributed by atoms with van der Waals surface area (Å²) < 4.78 is 1.76. The van der Waals surface area contributed by atoms with E-state index in [9.17, 15) is 4.79 Å². The molecule has 0 aliphatic heterocycles. The minimum Gasteiger partial charge on any atom is -0.351 e. The molecule has 1 aromatic rings. The van der Waals surface area contributed by atoms with Crippen molar-refractivity contribution in [2.45, 2.75) is 33.2 Å². The molecule has 96 valence electrons. The Balaban J connectivity index is 2.58. The van der Waals surface area contributed by atoms with Crippen molar-refractivity contribution in [2.75, 3.05) is 20.1 Å². The molecule has 0 aromatic carbocycles. The highest BCUT2D eigenvalue weighted by Gasteiger charge is 2.12. The number of carbonyl (C=O) groups excluding carboxylic acids is 1. The van der Waals surface area contributed by atoms with Crippen molar-refractivity contribution in [3.05, 3.63) is 17.5 Å². The monoisotopic (exact) mass is 238 g/mol. The van der Waals surface area contributed by atoms with Crippen LogP contribution in [-0.2, 0) is 13.0 Å². The van der Waals surface area contributed by atoms with Gasteiger partial charge in [0.25, 0.3) is 5.91 Å². The summed E-state index contributed by atoms with van der Waals surface area (Å²) in [7, 11) is 1.90. The van der Waals surface area contributed by atoms with Gasteiger partial charge in [0.1, 0.15) is 5.69 Å². The first-order valence-corrected chi connectivity index (χ1v) is 6.22. The molecule has 17 heavy (non-hydrogen) atoms. The van der Waals surface area contributed by atoms with Gasteiger partial charge in [-0.25, -0.2) is 0 Å². The number of rotatable bonds is 7. The van der Waals surface area contributed by atoms with E-state index in [0.29, 0.717) is 12.2 Å². The third-order valence-corrected chi connectivity index (χ3v) is 2.61. The quantitative estimate of drug-likeness (QED) is 0.691. The summed E-state index contributed by atoms with van der Waals surface area (Å²) in [6.07, 6.45) is 1.79. The van der Waals surface area contributed by atoms with Crippen LogP contribution in [0.15, 0.2) is 6.07 Å². The summed E-state index contributed by atoms with van der Waals surface area (Å²) in [5, 5.41) is 10.3. The standard InChI is InChI=1S/C12H22N4O/c1-4-10-9-11(16(5-2)15-10)12(17)14-8-6-7-13-3/h9,13H,4-8H2,1-3H3,(H,14,17). The fraction of sp³-hybridized carbons (Fsp3) is 0.667. The smallest absolute Gasteiger partial charge is 0.269 e. The molecular weight excluding hydrogens is 216 g/mol. The lowest BCUT2D eigenvalue weighted by atomic mass is 10.3. The number of nitrogens with zero attached hydrogens (tertiary/aromatic N) is 2. The molecule has 5 nitrogen and oxygen atoms in total. The molecule has 0 radical (unpaired) electrons. The maximum Gasteiger partial charge on any atom is 0.269 e. The van der Waals surface area contributed by atoms with Crippen molar-refractivity contribution in [1.82, 2.24) is 20.4 Å². The van der Waals surface area contributed by atoms with E-state index >= 15 is 0 Å². The number of aryl methyl sites for hydroxylation is 2. The Morgan fingerprint density at radius 3 is 2.76 bits per heavy atom. The highest BCUT2D eigenvalue weighted by Crippen LogP contribution is 2.05. The van der Waals surface area contributed by atoms with Crippen molar-refractivity contribution < 1.29 is 4.79 Å². The van der Waals surface area contributed by atoms with Gasteiger partial charge in [-0.15, -0.1) is 0 Å². The van der Waals surface area contributed by atoms with Crippen LogP contribution in [-0.4, -0.2) is 35.8 Å². The Labute approximate surface area is 103 Å². The van der Waals surface area contributed by atoms with Crippen LogP contribution in [0.4, 0.5) is 0 Å². The summed E-state index contributed by atoms with van der Waals surface area (Å²) in [5.74, 6) is -0.0323. The van der Waals surface area contributed by atoms with Crippen LogP contribution >= 0.6 is 0 Å². The lowest BCUT2D eigenvalue weighted by Crippen LogP contribution is -2.28. The van der Waals surface area contributed by atoms with Gasteiger partial charge in [-0.2, -0.15) is 5.10 Å². The summed E-state index contributed by atoms with van der Waals surface area (Å²) in [4.78, 5) is 11.9. The van der Waals surface area contributed by atoms with Crippen LogP contribution in [0, 0.1) is 0 Å². The molecule has 0 saturated carbocycles. The Kier molecular flexibility index (Phi) is 5.69. The van der Waals surface area contributed by atoms with E-state index in [0.717, 1.165) is 31.6 Å². The lowest BCUT2D eigenvalue weighted by Gasteiger charge is -2.06. The summed E-state index contributed by atoms with van der Waals surface area (Å²) in [5.41, 5.74) is 1.63. The SMILES string of the molecule is CCc1cc(C(=O)NCCCNC)n(CC)n1. The first-order valence-electron chi connectivity index (χ1n) is 6.22. The lowest BCUT2D eigenvalue weighted by molar-refractivity contribution is 0.0942. The number of aromatic nitrogens is 2. The van der Waals surface area contributed by atoms with Gasteiger partial charge in [0, 0.05) is 13.1 Å². The van der Waals surface area contributed by atoms with Gasteiger partial charge in [-0.3, -0.25) is 9.48 Å². The molecule has 0 unspecified atom stereocenters. The van der Waals surface area contributed by atoms with Gasteiger partial charge in [-0.1, -0.05) is 6.92 Å². The highest BCUT2D eigenvalue weighted by atomic mass is 16.2. The molecular formula is C12H22N4O. The van der Waals surface area contributed by atoms with Crippen LogP contribution in [0.25, 0.3) is 0 Å². The average molecular weight is 238 g/mol. The average Bonchev–Trinajstić information content (AvgIpc) is 2.77. The number of hydrogen-bond acceptors (Lipinski definition) is 3. The highest BCUT2D eigenvalue weighted by molar-refractivity contribution is 5.92. The van der Waals surface area contributed by atoms with Gasteiger partial charge in [-0.05, 0) is 39.4 Å². The molecule has 2 N–H and O–H groups in total. The van der Waals surface area contributed by atoms with Gasteiger partial charge in [0.15, 0.2) is 0 Å². The zero-order chi connectivity index (χ0) is 12.7. The van der Waals surface area contributed by atoms with Crippen molar-refractivity contribution >= 4 is 5.91 Å². The zero-order valence-corrected chi connectivity index (χ0v) is 10.9. The second-order valence-corrected chi connectivity index (χ2v) is 3.90. The van der Waals surface area contributed by atoms with E-state index in [1.165, 1.54) is 0 Å². The van der Waals surface area contributed by atoms with Crippen molar-refractivity contribution in [2.24, 2.45) is 0 Å². The fourth-order valence-corrected chi connectivity index (χ4v) is 1.62. The number of nitrogens with one attached hydrogen (secondary N) is 2. The van der Waals surface area contributed by atoms with E-state index in [1.807, 2.05) is 27.0 Å². The molecule has 0 saturated heterocycles. The minimum atomic E-state index is -0.0323. The largest absolute Gasteiger partial charge is 0.351 e. The zero-order valence-electron chi connectivity index (χ0n) is 10.9. The molecule has 0 aliphatic carbocycles. The van der Waals surface area contributed by atoms with Crippen LogP contribution < -0.4 is 10.6 Å². The normalized spacial score (nSPS) is 10.5. The van der Waals surface area contributed by atoms with Gasteiger partial charge in [0.2, 0.25) is 0 Å².